The van der Waals surface area contributed by atoms with E-state index in [1.165, 1.54) is 23.9 Å². The number of rotatable bonds is 5. The monoisotopic (exact) mass is 303 g/mol. The van der Waals surface area contributed by atoms with Gasteiger partial charge in [0, 0.05) is 15.5 Å². The first-order valence-electron chi connectivity index (χ1n) is 6.07. The van der Waals surface area contributed by atoms with Gasteiger partial charge in [0.05, 0.1) is 12.0 Å². The standard InChI is InChI=1S/C15H13NO4S/c16-12-8-10(15(19)20)3-6-13(12)21-11-4-1-9(2-5-11)7-14(17)18/h1-6,8H,7,16H2,(H,17,18)(H,19,20). The minimum Gasteiger partial charge on any atom is -0.481 e. The zero-order valence-corrected chi connectivity index (χ0v) is 11.8. The molecule has 2 rings (SSSR count). The van der Waals surface area contributed by atoms with Crippen LogP contribution in [0.15, 0.2) is 52.3 Å². The van der Waals surface area contributed by atoms with E-state index in [2.05, 4.69) is 0 Å². The molecule has 0 fully saturated rings. The number of anilines is 1. The number of carbonyl (C=O) groups is 2. The van der Waals surface area contributed by atoms with E-state index >= 15 is 0 Å². The van der Waals surface area contributed by atoms with E-state index in [1.807, 2.05) is 12.1 Å². The molecule has 6 heteroatoms. The Morgan fingerprint density at radius 1 is 1.05 bits per heavy atom. The number of hydrogen-bond acceptors (Lipinski definition) is 4. The van der Waals surface area contributed by atoms with Gasteiger partial charge < -0.3 is 15.9 Å². The van der Waals surface area contributed by atoms with E-state index < -0.39 is 11.9 Å². The molecular formula is C15H13NO4S. The molecule has 0 aliphatic carbocycles. The molecule has 0 aromatic heterocycles. The van der Waals surface area contributed by atoms with Gasteiger partial charge in [0.2, 0.25) is 0 Å². The summed E-state index contributed by atoms with van der Waals surface area (Å²) in [5.41, 5.74) is 7.11. The zero-order valence-electron chi connectivity index (χ0n) is 10.9. The number of nitrogens with two attached hydrogens (primary N) is 1. The summed E-state index contributed by atoms with van der Waals surface area (Å²) in [6.07, 6.45) is -0.0135. The van der Waals surface area contributed by atoms with Crippen LogP contribution in [0.2, 0.25) is 0 Å². The van der Waals surface area contributed by atoms with Crippen LogP contribution in [0.3, 0.4) is 0 Å². The van der Waals surface area contributed by atoms with Crippen molar-refractivity contribution in [2.45, 2.75) is 16.2 Å². The third kappa shape index (κ3) is 4.00. The Bertz CT molecular complexity index is 683. The van der Waals surface area contributed by atoms with Crippen LogP contribution in [0.1, 0.15) is 15.9 Å². The van der Waals surface area contributed by atoms with Gasteiger partial charge in [0.15, 0.2) is 0 Å². The molecule has 0 amide bonds. The first kappa shape index (κ1) is 14.9. The van der Waals surface area contributed by atoms with Crippen LogP contribution >= 0.6 is 11.8 Å². The van der Waals surface area contributed by atoms with E-state index in [9.17, 15) is 9.59 Å². The van der Waals surface area contributed by atoms with Crippen LogP contribution in [0, 0.1) is 0 Å². The minimum atomic E-state index is -1.02. The van der Waals surface area contributed by atoms with Crippen LogP contribution in [0.25, 0.3) is 0 Å². The molecule has 108 valence electrons. The van der Waals surface area contributed by atoms with Gasteiger partial charge in [-0.2, -0.15) is 0 Å². The van der Waals surface area contributed by atoms with Crippen molar-refractivity contribution in [3.63, 3.8) is 0 Å². The molecular weight excluding hydrogens is 290 g/mol. The van der Waals surface area contributed by atoms with Crippen LogP contribution in [0.5, 0.6) is 0 Å². The van der Waals surface area contributed by atoms with E-state index in [0.29, 0.717) is 5.69 Å². The van der Waals surface area contributed by atoms with Crippen LogP contribution in [-0.4, -0.2) is 22.2 Å². The van der Waals surface area contributed by atoms with Gasteiger partial charge in [-0.1, -0.05) is 23.9 Å². The third-order valence-corrected chi connectivity index (χ3v) is 3.86. The number of aromatic carboxylic acids is 1. The summed E-state index contributed by atoms with van der Waals surface area (Å²) in [6.45, 7) is 0. The highest BCUT2D eigenvalue weighted by atomic mass is 32.2. The maximum absolute atomic E-state index is 10.8. The molecule has 0 bridgehead atoms. The van der Waals surface area contributed by atoms with E-state index in [1.54, 1.807) is 18.2 Å². The van der Waals surface area contributed by atoms with E-state index in [0.717, 1.165) is 15.4 Å². The van der Waals surface area contributed by atoms with Gasteiger partial charge >= 0.3 is 11.9 Å². The molecule has 0 saturated carbocycles. The third-order valence-electron chi connectivity index (χ3n) is 2.76. The Morgan fingerprint density at radius 3 is 2.24 bits per heavy atom. The van der Waals surface area contributed by atoms with Crippen molar-refractivity contribution in [1.29, 1.82) is 0 Å². The molecule has 0 radical (unpaired) electrons. The lowest BCUT2D eigenvalue weighted by molar-refractivity contribution is -0.136. The lowest BCUT2D eigenvalue weighted by Crippen LogP contribution is -1.99. The Balaban J connectivity index is 2.14. The summed E-state index contributed by atoms with van der Waals surface area (Å²) >= 11 is 1.40. The molecule has 2 aromatic rings. The van der Waals surface area contributed by atoms with Crippen molar-refractivity contribution in [2.24, 2.45) is 0 Å². The molecule has 4 N–H and O–H groups in total. The van der Waals surface area contributed by atoms with Crippen LogP contribution in [0.4, 0.5) is 5.69 Å². The Hall–Kier alpha value is -2.47. The van der Waals surface area contributed by atoms with E-state index in [4.69, 9.17) is 15.9 Å². The lowest BCUT2D eigenvalue weighted by Gasteiger charge is -2.07. The molecule has 0 aliphatic heterocycles. The van der Waals surface area contributed by atoms with Gasteiger partial charge in [0.1, 0.15) is 0 Å². The van der Waals surface area contributed by atoms with E-state index in [-0.39, 0.29) is 12.0 Å². The second kappa shape index (κ2) is 6.32. The van der Waals surface area contributed by atoms with Gasteiger partial charge in [0.25, 0.3) is 0 Å². The smallest absolute Gasteiger partial charge is 0.335 e. The molecule has 0 atom stereocenters. The molecule has 21 heavy (non-hydrogen) atoms. The Morgan fingerprint density at radius 2 is 1.71 bits per heavy atom. The van der Waals surface area contributed by atoms with Crippen LogP contribution in [-0.2, 0) is 11.2 Å². The molecule has 2 aromatic carbocycles. The molecule has 0 unspecified atom stereocenters. The van der Waals surface area contributed by atoms with Gasteiger partial charge in [-0.3, -0.25) is 4.79 Å². The van der Waals surface area contributed by atoms with Gasteiger partial charge in [-0.25, -0.2) is 4.79 Å². The maximum Gasteiger partial charge on any atom is 0.335 e. The summed E-state index contributed by atoms with van der Waals surface area (Å²) < 4.78 is 0. The average molecular weight is 303 g/mol. The first-order valence-corrected chi connectivity index (χ1v) is 6.89. The number of aliphatic carboxylic acids is 1. The molecule has 5 nitrogen and oxygen atoms in total. The number of carboxylic acids is 2. The molecule has 0 saturated heterocycles. The fourth-order valence-corrected chi connectivity index (χ4v) is 2.59. The van der Waals surface area contributed by atoms with Crippen molar-refractivity contribution in [3.05, 3.63) is 53.6 Å². The summed E-state index contributed by atoms with van der Waals surface area (Å²) in [5.74, 6) is -1.89. The van der Waals surface area contributed by atoms with Crippen molar-refractivity contribution in [1.82, 2.24) is 0 Å². The van der Waals surface area contributed by atoms with Gasteiger partial charge in [-0.15, -0.1) is 0 Å². The van der Waals surface area contributed by atoms with Gasteiger partial charge in [-0.05, 0) is 35.9 Å². The fraction of sp³-hybridized carbons (Fsp3) is 0.0667. The zero-order chi connectivity index (χ0) is 15.4. The lowest BCUT2D eigenvalue weighted by atomic mass is 10.2. The van der Waals surface area contributed by atoms with Crippen LogP contribution < -0.4 is 5.73 Å². The summed E-state index contributed by atoms with van der Waals surface area (Å²) in [7, 11) is 0. The maximum atomic E-state index is 10.8. The topological polar surface area (TPSA) is 101 Å². The largest absolute Gasteiger partial charge is 0.481 e. The Labute approximate surface area is 125 Å². The highest BCUT2D eigenvalue weighted by Gasteiger charge is 2.08. The predicted octanol–water partition coefficient (Wildman–Crippen LogP) is 2.75. The number of nitrogen functional groups attached to an aromatic ring is 1. The SMILES string of the molecule is Nc1cc(C(=O)O)ccc1Sc1ccc(CC(=O)O)cc1. The normalized spacial score (nSPS) is 10.3. The summed E-state index contributed by atoms with van der Waals surface area (Å²) in [5, 5.41) is 17.6. The van der Waals surface area contributed by atoms with Crippen molar-refractivity contribution in [2.75, 3.05) is 5.73 Å². The number of carboxylic acid groups (broad SMARTS) is 2. The van der Waals surface area contributed by atoms with Crippen molar-refractivity contribution >= 4 is 29.4 Å². The summed E-state index contributed by atoms with van der Waals surface area (Å²) in [6, 6.07) is 11.7. The predicted molar refractivity (Wildman–Crippen MR) is 79.7 cm³/mol. The summed E-state index contributed by atoms with van der Waals surface area (Å²) in [4.78, 5) is 23.1. The first-order chi connectivity index (χ1) is 9.95. The molecule has 0 aliphatic rings. The average Bonchev–Trinajstić information content (AvgIpc) is 2.42. The van der Waals surface area contributed by atoms with Crippen molar-refractivity contribution in [3.8, 4) is 0 Å². The number of hydrogen-bond donors (Lipinski definition) is 3. The molecule has 0 spiro atoms. The quantitative estimate of drug-likeness (QED) is 0.734. The minimum absolute atomic E-state index is 0.0135. The number of benzene rings is 2. The molecule has 0 heterocycles. The highest BCUT2D eigenvalue weighted by molar-refractivity contribution is 7.99. The highest BCUT2D eigenvalue weighted by Crippen LogP contribution is 2.32. The second-order valence-corrected chi connectivity index (χ2v) is 5.49. The fourth-order valence-electron chi connectivity index (χ4n) is 1.75. The Kier molecular flexibility index (Phi) is 4.49. The second-order valence-electron chi connectivity index (χ2n) is 4.37. The van der Waals surface area contributed by atoms with Crippen molar-refractivity contribution < 1.29 is 19.8 Å².